The first-order valence-electron chi connectivity index (χ1n) is 10.6. The Bertz CT molecular complexity index is 1330. The average Bonchev–Trinajstić information content (AvgIpc) is 3.45. The van der Waals surface area contributed by atoms with Gasteiger partial charge in [0.1, 0.15) is 11.6 Å². The van der Waals surface area contributed by atoms with E-state index in [-0.39, 0.29) is 11.4 Å². The van der Waals surface area contributed by atoms with Gasteiger partial charge in [-0.25, -0.2) is 14.1 Å². The molecular formula is C23H18F4N6O. The number of benzene rings is 2. The number of aryl methyl sites for hydroxylation is 2. The van der Waals surface area contributed by atoms with Gasteiger partial charge in [0.15, 0.2) is 11.4 Å². The van der Waals surface area contributed by atoms with Crippen LogP contribution in [0.15, 0.2) is 54.7 Å². The first kappa shape index (κ1) is 21.8. The maximum absolute atomic E-state index is 13.8. The van der Waals surface area contributed by atoms with Gasteiger partial charge in [0, 0.05) is 30.4 Å². The normalized spacial score (nSPS) is 13.5. The third-order valence-electron chi connectivity index (χ3n) is 5.55. The van der Waals surface area contributed by atoms with Crippen molar-refractivity contribution in [2.75, 3.05) is 5.32 Å². The second-order valence-corrected chi connectivity index (χ2v) is 7.90. The van der Waals surface area contributed by atoms with Crippen LogP contribution in [0.4, 0.5) is 23.2 Å². The molecule has 0 radical (unpaired) electrons. The number of carbonyl (C=O) groups excluding carboxylic acids is 1. The summed E-state index contributed by atoms with van der Waals surface area (Å²) >= 11 is 0. The Kier molecular flexibility index (Phi) is 5.39. The molecule has 0 bridgehead atoms. The summed E-state index contributed by atoms with van der Waals surface area (Å²) in [6.07, 6.45) is 0.0550. The smallest absolute Gasteiger partial charge is 0.334 e. The number of nitrogens with one attached hydrogen (secondary N) is 1. The molecular weight excluding hydrogens is 452 g/mol. The molecule has 1 aliphatic heterocycles. The van der Waals surface area contributed by atoms with Gasteiger partial charge >= 0.3 is 6.18 Å². The highest BCUT2D eigenvalue weighted by Crippen LogP contribution is 2.33. The maximum atomic E-state index is 13.8. The topological polar surface area (TPSA) is 77.6 Å². The Labute approximate surface area is 191 Å². The van der Waals surface area contributed by atoms with E-state index < -0.39 is 29.3 Å². The lowest BCUT2D eigenvalue weighted by molar-refractivity contribution is -0.143. The number of hydrogen-bond donors (Lipinski definition) is 1. The fourth-order valence-electron chi connectivity index (χ4n) is 3.95. The van der Waals surface area contributed by atoms with Crippen molar-refractivity contribution in [3.63, 3.8) is 0 Å². The molecule has 174 valence electrons. The zero-order chi connectivity index (χ0) is 23.9. The van der Waals surface area contributed by atoms with E-state index in [4.69, 9.17) is 0 Å². The Morgan fingerprint density at radius 2 is 1.85 bits per heavy atom. The van der Waals surface area contributed by atoms with Crippen molar-refractivity contribution in [2.45, 2.75) is 32.0 Å². The summed E-state index contributed by atoms with van der Waals surface area (Å²) in [5.74, 6) is -0.696. The molecule has 4 aromatic rings. The van der Waals surface area contributed by atoms with E-state index in [2.05, 4.69) is 25.2 Å². The Morgan fingerprint density at radius 1 is 1.06 bits per heavy atom. The summed E-state index contributed by atoms with van der Waals surface area (Å²) in [7, 11) is 0. The molecule has 5 rings (SSSR count). The zero-order valence-electron chi connectivity index (χ0n) is 17.7. The molecule has 0 saturated carbocycles. The number of hydrogen-bond acceptors (Lipinski definition) is 4. The van der Waals surface area contributed by atoms with Gasteiger partial charge in [0.2, 0.25) is 0 Å². The number of aromatic nitrogens is 5. The van der Waals surface area contributed by atoms with Crippen molar-refractivity contribution in [2.24, 2.45) is 0 Å². The maximum Gasteiger partial charge on any atom is 0.435 e. The SMILES string of the molecule is O=C(Nc1cccc(-c2cn3c(n2)CCCC3)c1)c1nnn(-c2ccc(F)cc2)c1C(F)(F)F. The predicted molar refractivity (Wildman–Crippen MR) is 115 cm³/mol. The third-order valence-corrected chi connectivity index (χ3v) is 5.55. The van der Waals surface area contributed by atoms with Crippen LogP contribution in [0.2, 0.25) is 0 Å². The van der Waals surface area contributed by atoms with Gasteiger partial charge in [-0.15, -0.1) is 5.10 Å². The Hall–Kier alpha value is -4.02. The molecule has 7 nitrogen and oxygen atoms in total. The first-order chi connectivity index (χ1) is 16.3. The number of rotatable bonds is 4. The highest BCUT2D eigenvalue weighted by molar-refractivity contribution is 6.04. The van der Waals surface area contributed by atoms with Crippen LogP contribution in [0.5, 0.6) is 0 Å². The predicted octanol–water partition coefficient (Wildman–Crippen LogP) is 4.88. The average molecular weight is 470 g/mol. The molecule has 0 atom stereocenters. The van der Waals surface area contributed by atoms with Gasteiger partial charge in [-0.05, 0) is 49.2 Å². The van der Waals surface area contributed by atoms with Crippen LogP contribution in [0.1, 0.15) is 34.8 Å². The molecule has 1 amide bonds. The van der Waals surface area contributed by atoms with E-state index in [0.717, 1.165) is 67.2 Å². The molecule has 0 fully saturated rings. The van der Waals surface area contributed by atoms with Crippen LogP contribution in [0.25, 0.3) is 16.9 Å². The van der Waals surface area contributed by atoms with Crippen LogP contribution in [0.3, 0.4) is 0 Å². The molecule has 2 aromatic heterocycles. The number of alkyl halides is 3. The van der Waals surface area contributed by atoms with Crippen molar-refractivity contribution < 1.29 is 22.4 Å². The summed E-state index contributed by atoms with van der Waals surface area (Å²) in [6.45, 7) is 0.892. The second kappa shape index (κ2) is 8.40. The third kappa shape index (κ3) is 4.16. The molecule has 3 heterocycles. The molecule has 2 aromatic carbocycles. The Morgan fingerprint density at radius 3 is 2.59 bits per heavy atom. The summed E-state index contributed by atoms with van der Waals surface area (Å²) in [4.78, 5) is 17.4. The van der Waals surface area contributed by atoms with E-state index >= 15 is 0 Å². The van der Waals surface area contributed by atoms with Crippen molar-refractivity contribution in [3.8, 4) is 16.9 Å². The van der Waals surface area contributed by atoms with E-state index in [0.29, 0.717) is 4.68 Å². The highest BCUT2D eigenvalue weighted by atomic mass is 19.4. The molecule has 1 aliphatic rings. The molecule has 0 saturated heterocycles. The van der Waals surface area contributed by atoms with E-state index in [9.17, 15) is 22.4 Å². The van der Waals surface area contributed by atoms with Crippen LogP contribution in [-0.4, -0.2) is 30.5 Å². The standard InChI is InChI=1S/C23H18F4N6O/c24-15-7-9-17(10-8-15)33-21(23(25,26)27)20(30-31-33)22(34)28-16-5-3-4-14(12-16)18-13-32-11-2-1-6-19(32)29-18/h3-5,7-10,12-13H,1-2,6,11H2,(H,28,34). The highest BCUT2D eigenvalue weighted by Gasteiger charge is 2.42. The fraction of sp³-hybridized carbons (Fsp3) is 0.217. The zero-order valence-corrected chi connectivity index (χ0v) is 17.7. The molecule has 0 unspecified atom stereocenters. The van der Waals surface area contributed by atoms with Crippen molar-refractivity contribution in [1.82, 2.24) is 24.5 Å². The number of nitrogens with zero attached hydrogens (tertiary/aromatic N) is 5. The first-order valence-corrected chi connectivity index (χ1v) is 10.6. The monoisotopic (exact) mass is 470 g/mol. The Balaban J connectivity index is 1.44. The van der Waals surface area contributed by atoms with E-state index in [1.165, 1.54) is 0 Å². The lowest BCUT2D eigenvalue weighted by atomic mass is 10.1. The lowest BCUT2D eigenvalue weighted by Crippen LogP contribution is -2.21. The molecule has 0 aliphatic carbocycles. The molecule has 34 heavy (non-hydrogen) atoms. The van der Waals surface area contributed by atoms with Crippen molar-refractivity contribution in [3.05, 3.63) is 77.8 Å². The fourth-order valence-corrected chi connectivity index (χ4v) is 3.95. The molecule has 0 spiro atoms. The number of amides is 1. The van der Waals surface area contributed by atoms with Gasteiger partial charge in [-0.2, -0.15) is 13.2 Å². The summed E-state index contributed by atoms with van der Waals surface area (Å²) in [5.41, 5.74) is -0.574. The van der Waals surface area contributed by atoms with Gasteiger partial charge in [-0.3, -0.25) is 4.79 Å². The van der Waals surface area contributed by atoms with Crippen LogP contribution in [-0.2, 0) is 19.1 Å². The van der Waals surface area contributed by atoms with Crippen molar-refractivity contribution in [1.29, 1.82) is 0 Å². The molecule has 1 N–H and O–H groups in total. The number of imidazole rings is 1. The van der Waals surface area contributed by atoms with Crippen molar-refractivity contribution >= 4 is 11.6 Å². The number of halogens is 4. The second-order valence-electron chi connectivity index (χ2n) is 7.90. The van der Waals surface area contributed by atoms with Gasteiger partial charge in [0.05, 0.1) is 11.4 Å². The minimum atomic E-state index is -4.93. The quantitative estimate of drug-likeness (QED) is 0.432. The van der Waals surface area contributed by atoms with Gasteiger partial charge in [0.25, 0.3) is 5.91 Å². The van der Waals surface area contributed by atoms with Crippen LogP contribution >= 0.6 is 0 Å². The van der Waals surface area contributed by atoms with E-state index in [1.54, 1.807) is 18.2 Å². The van der Waals surface area contributed by atoms with Crippen LogP contribution < -0.4 is 5.32 Å². The van der Waals surface area contributed by atoms with Gasteiger partial charge in [-0.1, -0.05) is 17.3 Å². The van der Waals surface area contributed by atoms with E-state index in [1.807, 2.05) is 12.3 Å². The summed E-state index contributed by atoms with van der Waals surface area (Å²) < 4.78 is 57.3. The number of fused-ring (bicyclic) bond motifs is 1. The van der Waals surface area contributed by atoms with Gasteiger partial charge < -0.3 is 9.88 Å². The number of anilines is 1. The summed E-state index contributed by atoms with van der Waals surface area (Å²) in [6, 6.07) is 10.9. The largest absolute Gasteiger partial charge is 0.435 e. The van der Waals surface area contributed by atoms with Crippen LogP contribution in [0, 0.1) is 5.82 Å². The summed E-state index contributed by atoms with van der Waals surface area (Å²) in [5, 5.41) is 9.44. The number of carbonyl (C=O) groups is 1. The minimum absolute atomic E-state index is 0.0778. The molecule has 11 heteroatoms. The lowest BCUT2D eigenvalue weighted by Gasteiger charge is -2.11. The minimum Gasteiger partial charge on any atom is -0.334 e.